The van der Waals surface area contributed by atoms with E-state index in [4.69, 9.17) is 59.8 Å². The predicted molar refractivity (Wildman–Crippen MR) is 465 cm³/mol. The first kappa shape index (κ1) is 68.0. The van der Waals surface area contributed by atoms with E-state index in [1.165, 1.54) is 0 Å². The number of rotatable bonds is 16. The number of benzene rings is 15. The second-order valence-electron chi connectivity index (χ2n) is 28.4. The summed E-state index contributed by atoms with van der Waals surface area (Å²) in [7, 11) is 0. The van der Waals surface area contributed by atoms with Crippen LogP contribution in [-0.4, -0.2) is 68.9 Å². The van der Waals surface area contributed by atoms with Crippen LogP contribution in [0.2, 0.25) is 0 Å². The molecule has 0 bridgehead atoms. The topological polar surface area (TPSA) is 165 Å². The number of hydrogen-bond donors (Lipinski definition) is 0. The lowest BCUT2D eigenvalue weighted by Gasteiger charge is -2.17. The van der Waals surface area contributed by atoms with Crippen molar-refractivity contribution in [2.45, 2.75) is 0 Å². The lowest BCUT2D eigenvalue weighted by atomic mass is 9.92. The summed E-state index contributed by atoms with van der Waals surface area (Å²) >= 11 is 0. The second-order valence-corrected chi connectivity index (χ2v) is 28.4. The Morgan fingerprint density at radius 1 is 0.129 bits per heavy atom. The van der Waals surface area contributed by atoms with Crippen molar-refractivity contribution in [2.75, 3.05) is 0 Å². The van der Waals surface area contributed by atoms with Gasteiger partial charge in [0.25, 0.3) is 0 Å². The second kappa shape index (κ2) is 29.3. The minimum atomic E-state index is 0.499. The molecule has 21 aromatic rings. The average molecular weight is 1490 g/mol. The SMILES string of the molecule is c1ccc(-c2nc(-c3ccccc3)nc(-c3ccc4c(c3)c3ccccc3n4-c3ccc(-c4cccc(-c5ccc(-n6c7ccccc7c7cc(-c8nc(-c9ccccc9)nc(-c9ccccc9)n8)ccc76)cc5-c5nc(-c6ccccc6)nc(-c6ccccc6)n5)c4)c(-c4nc(-c5ccccc5)nc(-c5ccccc5)n4)c3)n2)cc1. The highest BCUT2D eigenvalue weighted by Gasteiger charge is 2.25. The van der Waals surface area contributed by atoms with Crippen LogP contribution in [0, 0.1) is 0 Å². The van der Waals surface area contributed by atoms with E-state index in [9.17, 15) is 0 Å². The van der Waals surface area contributed by atoms with E-state index in [-0.39, 0.29) is 0 Å². The van der Waals surface area contributed by atoms with Gasteiger partial charge in [0.1, 0.15) is 0 Å². The zero-order valence-electron chi connectivity index (χ0n) is 62.2. The molecule has 6 aromatic heterocycles. The molecule has 14 heteroatoms. The third kappa shape index (κ3) is 12.8. The molecule has 0 radical (unpaired) electrons. The van der Waals surface area contributed by atoms with Crippen molar-refractivity contribution >= 4 is 43.6 Å². The van der Waals surface area contributed by atoms with Gasteiger partial charge in [0.15, 0.2) is 69.9 Å². The van der Waals surface area contributed by atoms with Crippen molar-refractivity contribution in [2.24, 2.45) is 0 Å². The summed E-state index contributed by atoms with van der Waals surface area (Å²) in [5.74, 6) is 6.68. The highest BCUT2D eigenvalue weighted by molar-refractivity contribution is 6.12. The van der Waals surface area contributed by atoms with Crippen LogP contribution in [0.1, 0.15) is 0 Å². The Hall–Kier alpha value is -16.1. The van der Waals surface area contributed by atoms with Gasteiger partial charge in [-0.15, -0.1) is 0 Å². The van der Waals surface area contributed by atoms with Crippen LogP contribution in [0.25, 0.3) is 214 Å². The van der Waals surface area contributed by atoms with Crippen molar-refractivity contribution in [3.05, 3.63) is 388 Å². The summed E-state index contributed by atoms with van der Waals surface area (Å²) in [6.07, 6.45) is 0. The fourth-order valence-corrected chi connectivity index (χ4v) is 15.6. The van der Waals surface area contributed by atoms with Crippen LogP contribution in [0.5, 0.6) is 0 Å². The summed E-state index contributed by atoms with van der Waals surface area (Å²) in [6, 6.07) is 133. The smallest absolute Gasteiger partial charge is 0.164 e. The highest BCUT2D eigenvalue weighted by Crippen LogP contribution is 2.44. The monoisotopic (exact) mass is 1480 g/mol. The zero-order chi connectivity index (χ0) is 76.8. The van der Waals surface area contributed by atoms with Crippen LogP contribution >= 0.6 is 0 Å². The first-order valence-corrected chi connectivity index (χ1v) is 38.4. The normalized spacial score (nSPS) is 11.4. The van der Waals surface area contributed by atoms with Crippen molar-refractivity contribution in [3.8, 4) is 170 Å². The molecule has 0 aliphatic carbocycles. The molecule has 116 heavy (non-hydrogen) atoms. The van der Waals surface area contributed by atoms with E-state index in [0.29, 0.717) is 69.9 Å². The molecule has 6 heterocycles. The molecule has 0 atom stereocenters. The molecule has 14 nitrogen and oxygen atoms in total. The molecule has 0 amide bonds. The van der Waals surface area contributed by atoms with Gasteiger partial charge in [-0.2, -0.15) is 0 Å². The molecular weight excluding hydrogens is 1420 g/mol. The number of nitrogens with zero attached hydrogens (tertiary/aromatic N) is 14. The molecular formula is C102H64N14. The summed E-state index contributed by atoms with van der Waals surface area (Å²) in [5.41, 5.74) is 19.8. The van der Waals surface area contributed by atoms with Gasteiger partial charge in [0, 0.05) is 99.7 Å². The number of fused-ring (bicyclic) bond motifs is 6. The summed E-state index contributed by atoms with van der Waals surface area (Å²) in [5, 5.41) is 4.19. The molecule has 15 aromatic carbocycles. The predicted octanol–water partition coefficient (Wildman–Crippen LogP) is 24.0. The van der Waals surface area contributed by atoms with Crippen LogP contribution in [-0.2, 0) is 0 Å². The lowest BCUT2D eigenvalue weighted by molar-refractivity contribution is 1.07. The Kier molecular flexibility index (Phi) is 17.2. The van der Waals surface area contributed by atoms with Gasteiger partial charge < -0.3 is 9.13 Å². The Morgan fingerprint density at radius 3 is 0.629 bits per heavy atom. The van der Waals surface area contributed by atoms with Gasteiger partial charge in [-0.05, 0) is 101 Å². The molecule has 0 fully saturated rings. The van der Waals surface area contributed by atoms with Gasteiger partial charge in [-0.25, -0.2) is 59.8 Å². The summed E-state index contributed by atoms with van der Waals surface area (Å²) in [6.45, 7) is 0. The largest absolute Gasteiger partial charge is 0.309 e. The minimum Gasteiger partial charge on any atom is -0.309 e. The van der Waals surface area contributed by atoms with Crippen molar-refractivity contribution in [1.82, 2.24) is 68.9 Å². The Morgan fingerprint density at radius 2 is 0.353 bits per heavy atom. The Bertz CT molecular complexity index is 6630. The van der Waals surface area contributed by atoms with Gasteiger partial charge in [0.05, 0.1) is 22.1 Å². The van der Waals surface area contributed by atoms with Crippen LogP contribution < -0.4 is 0 Å². The quantitative estimate of drug-likeness (QED) is 0.0900. The molecule has 0 N–H and O–H groups in total. The molecule has 542 valence electrons. The minimum absolute atomic E-state index is 0.499. The number of aromatic nitrogens is 14. The average Bonchev–Trinajstić information content (AvgIpc) is 1.58. The van der Waals surface area contributed by atoms with E-state index >= 15 is 0 Å². The van der Waals surface area contributed by atoms with Crippen molar-refractivity contribution in [1.29, 1.82) is 0 Å². The maximum absolute atomic E-state index is 5.48. The molecule has 21 rings (SSSR count). The molecule has 0 spiro atoms. The van der Waals surface area contributed by atoms with E-state index < -0.39 is 0 Å². The number of para-hydroxylation sites is 2. The maximum atomic E-state index is 5.48. The van der Waals surface area contributed by atoms with Gasteiger partial charge >= 0.3 is 0 Å². The standard InChI is InChI=1S/C102H64N14/c1-9-30-65(31-10-1)91-103-92(66-32-11-2-12-33-66)108-99(107-91)75-52-58-89-83(61-75)81-48-25-27-50-87(81)115(89)77-54-56-79(85(63-77)101-111-95(69-38-17-5-18-39-69)105-96(112-101)70-40-19-6-20-41-70)73-46-29-47-74(60-73)80-57-55-78(64-86(80)102-113-97(71-42-21-7-22-43-71)106-98(114-102)72-44-23-8-24-45-72)116-88-51-28-26-49-82(88)84-62-76(53-59-90(84)116)100-109-93(67-34-13-3-14-35-67)104-94(110-100)68-36-15-4-16-37-68/h1-64H. The van der Waals surface area contributed by atoms with Gasteiger partial charge in [-0.3, -0.25) is 0 Å². The highest BCUT2D eigenvalue weighted by atomic mass is 15.1. The first-order chi connectivity index (χ1) is 57.5. The fourth-order valence-electron chi connectivity index (χ4n) is 15.6. The molecule has 0 aliphatic heterocycles. The lowest BCUT2D eigenvalue weighted by Crippen LogP contribution is -2.03. The molecule has 0 aliphatic rings. The van der Waals surface area contributed by atoms with Crippen LogP contribution in [0.15, 0.2) is 388 Å². The summed E-state index contributed by atoms with van der Waals surface area (Å²) < 4.78 is 4.66. The zero-order valence-corrected chi connectivity index (χ0v) is 62.2. The third-order valence-electron chi connectivity index (χ3n) is 21.1. The van der Waals surface area contributed by atoms with E-state index in [2.05, 4.69) is 155 Å². The maximum Gasteiger partial charge on any atom is 0.164 e. The molecule has 0 unspecified atom stereocenters. The van der Waals surface area contributed by atoms with Crippen LogP contribution in [0.3, 0.4) is 0 Å². The van der Waals surface area contributed by atoms with E-state index in [1.807, 2.05) is 243 Å². The van der Waals surface area contributed by atoms with Crippen LogP contribution in [0.4, 0.5) is 0 Å². The van der Waals surface area contributed by atoms with E-state index in [1.54, 1.807) is 0 Å². The summed E-state index contributed by atoms with van der Waals surface area (Å²) in [4.78, 5) is 63.1. The first-order valence-electron chi connectivity index (χ1n) is 38.4. The molecule has 0 saturated heterocycles. The third-order valence-corrected chi connectivity index (χ3v) is 21.1. The van der Waals surface area contributed by atoms with Crippen molar-refractivity contribution < 1.29 is 0 Å². The Labute approximate surface area is 667 Å². The van der Waals surface area contributed by atoms with Gasteiger partial charge in [-0.1, -0.05) is 309 Å². The fraction of sp³-hybridized carbons (Fsp3) is 0. The Balaban J connectivity index is 0.754. The van der Waals surface area contributed by atoms with Gasteiger partial charge in [0.2, 0.25) is 0 Å². The number of hydrogen-bond acceptors (Lipinski definition) is 12. The molecule has 0 saturated carbocycles. The van der Waals surface area contributed by atoms with E-state index in [0.717, 1.165) is 144 Å². The van der Waals surface area contributed by atoms with Crippen molar-refractivity contribution in [3.63, 3.8) is 0 Å².